The van der Waals surface area contributed by atoms with E-state index in [1.54, 1.807) is 11.8 Å². The molecule has 0 unspecified atom stereocenters. The van der Waals surface area contributed by atoms with Crippen molar-refractivity contribution >= 4 is 39.5 Å². The maximum atomic E-state index is 13.2. The smallest absolute Gasteiger partial charge is 0.251 e. The van der Waals surface area contributed by atoms with E-state index < -0.39 is 0 Å². The molecule has 1 fully saturated rings. The lowest BCUT2D eigenvalue weighted by atomic mass is 10.1. The van der Waals surface area contributed by atoms with Crippen molar-refractivity contribution in [3.05, 3.63) is 89.7 Å². The van der Waals surface area contributed by atoms with Crippen LogP contribution in [0.1, 0.15) is 34.6 Å². The maximum Gasteiger partial charge on any atom is 0.251 e. The minimum Gasteiger partial charge on any atom is -0.377 e. The molecule has 3 heterocycles. The number of carbonyl (C=O) groups is 1. The number of para-hydroxylation sites is 1. The topological polar surface area (TPSA) is 74.0 Å². The largest absolute Gasteiger partial charge is 0.377 e. The molecule has 1 N–H and O–H groups in total. The predicted molar refractivity (Wildman–Crippen MR) is 147 cm³/mol. The number of nitrogens with zero attached hydrogens (tertiary/aromatic N) is 4. The van der Waals surface area contributed by atoms with Gasteiger partial charge in [-0.3, -0.25) is 4.79 Å². The van der Waals surface area contributed by atoms with Crippen molar-refractivity contribution in [3.8, 4) is 0 Å². The fourth-order valence-electron chi connectivity index (χ4n) is 5.00. The summed E-state index contributed by atoms with van der Waals surface area (Å²) in [6, 6.07) is 24.4. The van der Waals surface area contributed by atoms with Crippen molar-refractivity contribution in [2.24, 2.45) is 7.05 Å². The molecule has 8 heteroatoms. The molecule has 0 radical (unpaired) electrons. The van der Waals surface area contributed by atoms with Crippen molar-refractivity contribution in [1.29, 1.82) is 0 Å². The minimum atomic E-state index is -0.127. The summed E-state index contributed by atoms with van der Waals surface area (Å²) < 4.78 is 10.1. The maximum absolute atomic E-state index is 13.2. The summed E-state index contributed by atoms with van der Waals surface area (Å²) >= 11 is 1.67. The number of ether oxygens (including phenoxy) is 1. The van der Waals surface area contributed by atoms with Crippen LogP contribution in [0.25, 0.3) is 21.8 Å². The van der Waals surface area contributed by atoms with E-state index in [-0.39, 0.29) is 12.0 Å². The van der Waals surface area contributed by atoms with Crippen LogP contribution >= 0.6 is 11.8 Å². The quantitative estimate of drug-likeness (QED) is 0.291. The summed E-state index contributed by atoms with van der Waals surface area (Å²) in [5, 5.41) is 15.1. The molecule has 5 aromatic rings. The molecule has 1 aliphatic rings. The third kappa shape index (κ3) is 4.86. The second-order valence-electron chi connectivity index (χ2n) is 9.41. The highest BCUT2D eigenvalue weighted by Crippen LogP contribution is 2.29. The van der Waals surface area contributed by atoms with Gasteiger partial charge >= 0.3 is 0 Å². The number of nitrogens with one attached hydrogen (secondary N) is 1. The van der Waals surface area contributed by atoms with Gasteiger partial charge in [0.2, 0.25) is 0 Å². The number of aryl methyl sites for hydroxylation is 1. The Hall–Kier alpha value is -3.62. The third-order valence-corrected chi connectivity index (χ3v) is 8.08. The highest BCUT2D eigenvalue weighted by molar-refractivity contribution is 7.99. The first kappa shape index (κ1) is 23.8. The van der Waals surface area contributed by atoms with Gasteiger partial charge < -0.3 is 19.2 Å². The van der Waals surface area contributed by atoms with Gasteiger partial charge in [-0.2, -0.15) is 0 Å². The second kappa shape index (κ2) is 10.4. The molecule has 0 saturated carbocycles. The number of hydrogen-bond donors (Lipinski definition) is 1. The van der Waals surface area contributed by atoms with E-state index in [9.17, 15) is 4.79 Å². The molecule has 1 atom stereocenters. The van der Waals surface area contributed by atoms with Crippen LogP contribution < -0.4 is 5.32 Å². The molecule has 1 amide bonds. The lowest BCUT2D eigenvalue weighted by Crippen LogP contribution is -2.25. The standard InChI is InChI=1S/C29H29N5O2S/c1-33-25-12-6-5-11-23(25)24-16-21(13-14-26(24)33)28(35)30-17-27-31-32-29(37-19-22-10-7-15-36-22)34(27)18-20-8-3-2-4-9-20/h2-6,8-9,11-14,16,22H,7,10,15,17-19H2,1H3,(H,30,35)/t22-/m0/s1. The number of aromatic nitrogens is 4. The van der Waals surface area contributed by atoms with E-state index in [1.807, 2.05) is 48.5 Å². The van der Waals surface area contributed by atoms with Gasteiger partial charge in [0.25, 0.3) is 5.91 Å². The van der Waals surface area contributed by atoms with E-state index in [0.717, 1.165) is 63.6 Å². The van der Waals surface area contributed by atoms with Gasteiger partial charge in [0, 0.05) is 46.8 Å². The minimum absolute atomic E-state index is 0.127. The summed E-state index contributed by atoms with van der Waals surface area (Å²) in [4.78, 5) is 13.2. The van der Waals surface area contributed by atoms with Crippen LogP contribution in [0.15, 0.2) is 78.0 Å². The Morgan fingerprint density at radius 2 is 1.84 bits per heavy atom. The van der Waals surface area contributed by atoms with E-state index in [0.29, 0.717) is 18.7 Å². The zero-order chi connectivity index (χ0) is 25.2. The molecular weight excluding hydrogens is 482 g/mol. The summed E-state index contributed by atoms with van der Waals surface area (Å²) in [5.41, 5.74) is 4.05. The molecule has 7 nitrogen and oxygen atoms in total. The molecule has 1 saturated heterocycles. The van der Waals surface area contributed by atoms with Gasteiger partial charge in [0.05, 0.1) is 19.2 Å². The van der Waals surface area contributed by atoms with Crippen molar-refractivity contribution < 1.29 is 9.53 Å². The summed E-state index contributed by atoms with van der Waals surface area (Å²) in [7, 11) is 2.05. The first-order chi connectivity index (χ1) is 18.2. The van der Waals surface area contributed by atoms with Crippen molar-refractivity contribution in [3.63, 3.8) is 0 Å². The molecule has 6 rings (SSSR count). The Morgan fingerprint density at radius 1 is 1.03 bits per heavy atom. The van der Waals surface area contributed by atoms with Crippen LogP contribution in [-0.2, 0) is 24.9 Å². The summed E-state index contributed by atoms with van der Waals surface area (Å²) in [5.74, 6) is 1.46. The predicted octanol–water partition coefficient (Wildman–Crippen LogP) is 5.17. The number of rotatable bonds is 8. The van der Waals surface area contributed by atoms with Gasteiger partial charge in [-0.1, -0.05) is 60.3 Å². The van der Waals surface area contributed by atoms with Crippen molar-refractivity contribution in [2.75, 3.05) is 12.4 Å². The molecule has 1 aliphatic heterocycles. The Labute approximate surface area is 219 Å². The van der Waals surface area contributed by atoms with Crippen LogP contribution in [0.4, 0.5) is 0 Å². The van der Waals surface area contributed by atoms with Gasteiger partial charge in [-0.05, 0) is 42.7 Å². The number of carbonyl (C=O) groups excluding carboxylic acids is 1. The normalized spacial score (nSPS) is 15.5. The summed E-state index contributed by atoms with van der Waals surface area (Å²) in [6.45, 7) is 1.78. The van der Waals surface area contributed by atoms with E-state index in [1.165, 1.54) is 0 Å². The number of fused-ring (bicyclic) bond motifs is 3. The zero-order valence-corrected chi connectivity index (χ0v) is 21.6. The van der Waals surface area contributed by atoms with E-state index >= 15 is 0 Å². The third-order valence-electron chi connectivity index (χ3n) is 6.98. The SMILES string of the molecule is Cn1c2ccccc2c2cc(C(=O)NCc3nnc(SC[C@@H]4CCCO4)n3Cc3ccccc3)ccc21. The zero-order valence-electron chi connectivity index (χ0n) is 20.8. The number of thioether (sulfide) groups is 1. The Bertz CT molecular complexity index is 1550. The number of benzene rings is 3. The first-order valence-corrected chi connectivity index (χ1v) is 13.6. The van der Waals surface area contributed by atoms with E-state index in [4.69, 9.17) is 4.74 Å². The van der Waals surface area contributed by atoms with Gasteiger partial charge in [-0.25, -0.2) is 0 Å². The van der Waals surface area contributed by atoms with Crippen molar-refractivity contribution in [2.45, 2.75) is 37.2 Å². The second-order valence-corrected chi connectivity index (χ2v) is 10.4. The Morgan fingerprint density at radius 3 is 2.68 bits per heavy atom. The van der Waals surface area contributed by atoms with Crippen LogP contribution in [0.3, 0.4) is 0 Å². The van der Waals surface area contributed by atoms with Gasteiger partial charge in [-0.15, -0.1) is 10.2 Å². The molecule has 0 bridgehead atoms. The Balaban J connectivity index is 1.22. The first-order valence-electron chi connectivity index (χ1n) is 12.6. The van der Waals surface area contributed by atoms with Crippen LogP contribution in [0.5, 0.6) is 0 Å². The Kier molecular flexibility index (Phi) is 6.68. The highest BCUT2D eigenvalue weighted by atomic mass is 32.2. The summed E-state index contributed by atoms with van der Waals surface area (Å²) in [6.07, 6.45) is 2.46. The van der Waals surface area contributed by atoms with Crippen LogP contribution in [0, 0.1) is 0 Å². The average molecular weight is 512 g/mol. The number of amides is 1. The molecule has 2 aromatic heterocycles. The van der Waals surface area contributed by atoms with Crippen molar-refractivity contribution in [1.82, 2.24) is 24.6 Å². The molecule has 3 aromatic carbocycles. The lowest BCUT2D eigenvalue weighted by molar-refractivity contribution is 0.0949. The molecule has 188 valence electrons. The fraction of sp³-hybridized carbons (Fsp3) is 0.276. The van der Waals surface area contributed by atoms with E-state index in [2.05, 4.69) is 56.0 Å². The van der Waals surface area contributed by atoms with Crippen LogP contribution in [-0.4, -0.2) is 43.7 Å². The molecular formula is C29H29N5O2S. The van der Waals surface area contributed by atoms with Gasteiger partial charge in [0.1, 0.15) is 0 Å². The van der Waals surface area contributed by atoms with Gasteiger partial charge in [0.15, 0.2) is 11.0 Å². The fourth-order valence-corrected chi connectivity index (χ4v) is 6.02. The molecule has 0 spiro atoms. The lowest BCUT2D eigenvalue weighted by Gasteiger charge is -2.13. The highest BCUT2D eigenvalue weighted by Gasteiger charge is 2.20. The molecule has 37 heavy (non-hydrogen) atoms. The monoisotopic (exact) mass is 511 g/mol. The molecule has 0 aliphatic carbocycles. The van der Waals surface area contributed by atoms with Crippen LogP contribution in [0.2, 0.25) is 0 Å². The average Bonchev–Trinajstić information content (AvgIpc) is 3.66. The number of hydrogen-bond acceptors (Lipinski definition) is 5.